The van der Waals surface area contributed by atoms with E-state index in [1.807, 2.05) is 13.8 Å². The van der Waals surface area contributed by atoms with E-state index in [1.165, 1.54) is 48.2 Å². The van der Waals surface area contributed by atoms with Gasteiger partial charge in [0.1, 0.15) is 11.5 Å². The van der Waals surface area contributed by atoms with Crippen LogP contribution in [0.5, 0.6) is 11.5 Å². The molecule has 0 aliphatic carbocycles. The van der Waals surface area contributed by atoms with Crippen LogP contribution in [0.15, 0.2) is 36.4 Å². The first-order valence-corrected chi connectivity index (χ1v) is 9.75. The molecule has 0 bridgehead atoms. The van der Waals surface area contributed by atoms with Crippen LogP contribution in [0.1, 0.15) is 30.0 Å². The lowest BCUT2D eigenvalue weighted by atomic mass is 10.1. The first-order chi connectivity index (χ1) is 15.3. The maximum atomic E-state index is 14.2. The quantitative estimate of drug-likeness (QED) is 0.549. The minimum absolute atomic E-state index is 0.00391. The van der Waals surface area contributed by atoms with E-state index in [1.54, 1.807) is 6.92 Å². The summed E-state index contributed by atoms with van der Waals surface area (Å²) in [5.41, 5.74) is 0.738. The molecule has 0 aliphatic heterocycles. The summed E-state index contributed by atoms with van der Waals surface area (Å²) >= 11 is 0. The van der Waals surface area contributed by atoms with Crippen LogP contribution in [0, 0.1) is 12.7 Å². The number of amides is 2. The summed E-state index contributed by atoms with van der Waals surface area (Å²) in [6, 6.07) is 8.63. The lowest BCUT2D eigenvalue weighted by Crippen LogP contribution is -2.34. The molecule has 0 atom stereocenters. The lowest BCUT2D eigenvalue weighted by molar-refractivity contribution is -0.123. The number of nitrogens with one attached hydrogen (secondary N) is 2. The highest BCUT2D eigenvalue weighted by Gasteiger charge is 2.15. The molecule has 0 aliphatic rings. The van der Waals surface area contributed by atoms with Crippen molar-refractivity contribution in [2.45, 2.75) is 26.8 Å². The summed E-state index contributed by atoms with van der Waals surface area (Å²) in [4.78, 5) is 24.5. The number of carbonyl (C=O) groups is 2. The van der Waals surface area contributed by atoms with Gasteiger partial charge in [0.05, 0.1) is 7.11 Å². The number of hydrogen-bond donors (Lipinski definition) is 2. The zero-order valence-corrected chi connectivity index (χ0v) is 18.0. The normalized spacial score (nSPS) is 10.7. The third kappa shape index (κ3) is 5.36. The molecule has 0 saturated carbocycles. The van der Waals surface area contributed by atoms with Crippen LogP contribution in [0.4, 0.5) is 10.1 Å². The Balaban J connectivity index is 1.74. The molecule has 3 rings (SSSR count). The predicted molar refractivity (Wildman–Crippen MR) is 114 cm³/mol. The molecule has 3 aromatic rings. The molecule has 1 aromatic heterocycles. The molecule has 0 radical (unpaired) electrons. The summed E-state index contributed by atoms with van der Waals surface area (Å²) < 4.78 is 26.2. The average Bonchev–Trinajstić information content (AvgIpc) is 3.18. The van der Waals surface area contributed by atoms with Gasteiger partial charge < -0.3 is 20.1 Å². The van der Waals surface area contributed by atoms with Gasteiger partial charge in [-0.2, -0.15) is 4.68 Å². The highest BCUT2D eigenvalue weighted by Crippen LogP contribution is 2.28. The lowest BCUT2D eigenvalue weighted by Gasteiger charge is -2.13. The summed E-state index contributed by atoms with van der Waals surface area (Å²) in [5, 5.41) is 16.4. The number of methoxy groups -OCH3 is 1. The number of rotatable bonds is 8. The molecule has 2 aromatic carbocycles. The SMILES string of the molecule is COc1cc(C(=O)Nc2ccc(F)c(-n3nnnc3C)c2)ccc1OCC(=O)NC(C)C. The summed E-state index contributed by atoms with van der Waals surface area (Å²) in [6.45, 7) is 5.14. The summed E-state index contributed by atoms with van der Waals surface area (Å²) in [7, 11) is 1.43. The van der Waals surface area contributed by atoms with Gasteiger partial charge in [0.25, 0.3) is 11.8 Å². The van der Waals surface area contributed by atoms with Crippen LogP contribution >= 0.6 is 0 Å². The second-order valence-corrected chi connectivity index (χ2v) is 7.13. The van der Waals surface area contributed by atoms with Gasteiger partial charge >= 0.3 is 0 Å². The van der Waals surface area contributed by atoms with Crippen molar-refractivity contribution in [3.05, 3.63) is 53.6 Å². The van der Waals surface area contributed by atoms with E-state index >= 15 is 0 Å². The third-order valence-electron chi connectivity index (χ3n) is 4.29. The molecule has 11 heteroatoms. The maximum Gasteiger partial charge on any atom is 0.258 e. The molecule has 32 heavy (non-hydrogen) atoms. The molecule has 168 valence electrons. The van der Waals surface area contributed by atoms with E-state index in [2.05, 4.69) is 26.2 Å². The van der Waals surface area contributed by atoms with E-state index in [-0.39, 0.29) is 29.8 Å². The van der Waals surface area contributed by atoms with E-state index in [4.69, 9.17) is 9.47 Å². The molecular formula is C21H23FN6O4. The Morgan fingerprint density at radius 3 is 2.59 bits per heavy atom. The van der Waals surface area contributed by atoms with E-state index < -0.39 is 11.7 Å². The second kappa shape index (κ2) is 9.86. The summed E-state index contributed by atoms with van der Waals surface area (Å²) in [6.07, 6.45) is 0. The van der Waals surface area contributed by atoms with E-state index in [9.17, 15) is 14.0 Å². The zero-order chi connectivity index (χ0) is 23.3. The van der Waals surface area contributed by atoms with Gasteiger partial charge in [0.15, 0.2) is 23.9 Å². The van der Waals surface area contributed by atoms with Crippen molar-refractivity contribution in [1.29, 1.82) is 0 Å². The number of aromatic nitrogens is 4. The largest absolute Gasteiger partial charge is 0.493 e. The molecule has 0 fully saturated rings. The second-order valence-electron chi connectivity index (χ2n) is 7.13. The molecule has 2 amide bonds. The minimum atomic E-state index is -0.539. The van der Waals surface area contributed by atoms with E-state index in [0.29, 0.717) is 23.0 Å². The topological polar surface area (TPSA) is 120 Å². The monoisotopic (exact) mass is 442 g/mol. The number of ether oxygens (including phenoxy) is 2. The van der Waals surface area contributed by atoms with Crippen LogP contribution in [-0.2, 0) is 4.79 Å². The number of aryl methyl sites for hydroxylation is 1. The Morgan fingerprint density at radius 2 is 1.94 bits per heavy atom. The number of carbonyl (C=O) groups excluding carboxylic acids is 2. The Bertz CT molecular complexity index is 1130. The van der Waals surface area contributed by atoms with Crippen LogP contribution in [0.25, 0.3) is 5.69 Å². The van der Waals surface area contributed by atoms with Crippen molar-refractivity contribution in [1.82, 2.24) is 25.5 Å². The highest BCUT2D eigenvalue weighted by molar-refractivity contribution is 6.04. The number of hydrogen-bond acceptors (Lipinski definition) is 7. The molecular weight excluding hydrogens is 419 g/mol. The summed E-state index contributed by atoms with van der Waals surface area (Å²) in [5.74, 6) is -0.245. The Labute approximate surface area is 183 Å². The van der Waals surface area contributed by atoms with Crippen molar-refractivity contribution in [3.8, 4) is 17.2 Å². The van der Waals surface area contributed by atoms with Crippen molar-refractivity contribution in [2.24, 2.45) is 0 Å². The molecule has 1 heterocycles. The van der Waals surface area contributed by atoms with Crippen molar-refractivity contribution >= 4 is 17.5 Å². The van der Waals surface area contributed by atoms with Gasteiger partial charge in [0.2, 0.25) is 0 Å². The number of nitrogens with zero attached hydrogens (tertiary/aromatic N) is 4. The minimum Gasteiger partial charge on any atom is -0.493 e. The fourth-order valence-corrected chi connectivity index (χ4v) is 2.85. The first kappa shape index (κ1) is 22.7. The molecule has 0 saturated heterocycles. The Morgan fingerprint density at radius 1 is 1.16 bits per heavy atom. The maximum absolute atomic E-state index is 14.2. The van der Waals surface area contributed by atoms with Crippen molar-refractivity contribution in [3.63, 3.8) is 0 Å². The van der Waals surface area contributed by atoms with Gasteiger partial charge in [-0.15, -0.1) is 5.10 Å². The fourth-order valence-electron chi connectivity index (χ4n) is 2.85. The zero-order valence-electron chi connectivity index (χ0n) is 18.0. The number of halogens is 1. The fraction of sp³-hybridized carbons (Fsp3) is 0.286. The van der Waals surface area contributed by atoms with Gasteiger partial charge in [-0.1, -0.05) is 0 Å². The van der Waals surface area contributed by atoms with Crippen LogP contribution in [0.3, 0.4) is 0 Å². The molecule has 10 nitrogen and oxygen atoms in total. The van der Waals surface area contributed by atoms with Crippen LogP contribution < -0.4 is 20.1 Å². The average molecular weight is 442 g/mol. The van der Waals surface area contributed by atoms with Crippen molar-refractivity contribution in [2.75, 3.05) is 19.0 Å². The number of benzene rings is 2. The first-order valence-electron chi connectivity index (χ1n) is 9.75. The van der Waals surface area contributed by atoms with Crippen LogP contribution in [0.2, 0.25) is 0 Å². The highest BCUT2D eigenvalue weighted by atomic mass is 19.1. The van der Waals surface area contributed by atoms with Gasteiger partial charge in [0, 0.05) is 17.3 Å². The van der Waals surface area contributed by atoms with Gasteiger partial charge in [-0.05, 0) is 67.6 Å². The predicted octanol–water partition coefficient (Wildman–Crippen LogP) is 2.27. The standard InChI is InChI=1S/C21H23FN6O4/c1-12(2)23-20(29)11-32-18-8-5-14(9-19(18)31-4)21(30)24-15-6-7-16(22)17(10-15)28-13(3)25-26-27-28/h5-10,12H,11H2,1-4H3,(H,23,29)(H,24,30). The smallest absolute Gasteiger partial charge is 0.258 e. The molecule has 0 spiro atoms. The van der Waals surface area contributed by atoms with E-state index in [0.717, 1.165) is 0 Å². The Kier molecular flexibility index (Phi) is 6.98. The third-order valence-corrected chi connectivity index (χ3v) is 4.29. The molecule has 2 N–H and O–H groups in total. The Hall–Kier alpha value is -4.02. The van der Waals surface area contributed by atoms with Gasteiger partial charge in [-0.25, -0.2) is 4.39 Å². The van der Waals surface area contributed by atoms with Crippen LogP contribution in [-0.4, -0.2) is 51.8 Å². The van der Waals surface area contributed by atoms with Crippen molar-refractivity contribution < 1.29 is 23.5 Å². The molecule has 0 unspecified atom stereocenters. The van der Waals surface area contributed by atoms with Gasteiger partial charge in [-0.3, -0.25) is 9.59 Å². The number of tetrazole rings is 1. The number of anilines is 1.